The van der Waals surface area contributed by atoms with Crippen molar-refractivity contribution in [3.8, 4) is 5.88 Å². The zero-order valence-electron chi connectivity index (χ0n) is 17.9. The molecule has 2 aliphatic heterocycles. The first-order valence-electron chi connectivity index (χ1n) is 10.7. The highest BCUT2D eigenvalue weighted by Crippen LogP contribution is 2.24. The number of hydrogen-bond acceptors (Lipinski definition) is 6. The van der Waals surface area contributed by atoms with E-state index in [4.69, 9.17) is 9.47 Å². The fourth-order valence-corrected chi connectivity index (χ4v) is 3.81. The second-order valence-corrected chi connectivity index (χ2v) is 7.88. The molecule has 0 radical (unpaired) electrons. The van der Waals surface area contributed by atoms with E-state index in [1.807, 2.05) is 35.2 Å². The number of hydrogen-bond donors (Lipinski definition) is 1. The lowest BCUT2D eigenvalue weighted by Crippen LogP contribution is -2.41. The van der Waals surface area contributed by atoms with Crippen LogP contribution in [0.1, 0.15) is 30.1 Å². The van der Waals surface area contributed by atoms with E-state index >= 15 is 0 Å². The Hall–Kier alpha value is -3.62. The van der Waals surface area contributed by atoms with Gasteiger partial charge in [0.25, 0.3) is 5.91 Å². The number of carbonyl (C=O) groups excluding carboxylic acids is 3. The Morgan fingerprint density at radius 3 is 2.56 bits per heavy atom. The quantitative estimate of drug-likeness (QED) is 0.742. The molecule has 2 saturated heterocycles. The zero-order valence-corrected chi connectivity index (χ0v) is 17.9. The molecule has 0 saturated carbocycles. The number of ether oxygens (including phenoxy) is 2. The SMILES string of the molecule is CC(=O)NC[C@H]1CN(c2ccc(OC3CCN(C(=O)c4ccccc4)CC3)nc2)C(=O)O1. The maximum Gasteiger partial charge on any atom is 0.414 e. The number of piperidine rings is 1. The summed E-state index contributed by atoms with van der Waals surface area (Å²) in [6, 6.07) is 12.8. The molecule has 3 amide bonds. The molecule has 1 N–H and O–H groups in total. The third-order valence-electron chi connectivity index (χ3n) is 5.52. The first-order chi connectivity index (χ1) is 15.5. The average molecular weight is 438 g/mol. The van der Waals surface area contributed by atoms with Crippen LogP contribution in [0.15, 0.2) is 48.7 Å². The van der Waals surface area contributed by atoms with Crippen LogP contribution in [0.3, 0.4) is 0 Å². The van der Waals surface area contributed by atoms with Crippen molar-refractivity contribution < 1.29 is 23.9 Å². The summed E-state index contributed by atoms with van der Waals surface area (Å²) in [7, 11) is 0. The Kier molecular flexibility index (Phi) is 6.53. The second kappa shape index (κ2) is 9.67. The van der Waals surface area contributed by atoms with Crippen molar-refractivity contribution in [2.75, 3.05) is 31.1 Å². The van der Waals surface area contributed by atoms with Gasteiger partial charge < -0.3 is 19.7 Å². The van der Waals surface area contributed by atoms with E-state index in [0.29, 0.717) is 36.8 Å². The number of pyridine rings is 1. The lowest BCUT2D eigenvalue weighted by atomic mass is 10.1. The molecule has 1 atom stereocenters. The number of anilines is 1. The highest BCUT2D eigenvalue weighted by Gasteiger charge is 2.32. The smallest absolute Gasteiger partial charge is 0.414 e. The molecule has 32 heavy (non-hydrogen) atoms. The van der Waals surface area contributed by atoms with Crippen LogP contribution in [0, 0.1) is 0 Å². The molecule has 2 aliphatic rings. The van der Waals surface area contributed by atoms with Crippen molar-refractivity contribution in [2.45, 2.75) is 32.0 Å². The molecule has 0 aliphatic carbocycles. The molecule has 0 spiro atoms. The summed E-state index contributed by atoms with van der Waals surface area (Å²) in [6.07, 6.45) is 2.14. The molecule has 0 unspecified atom stereocenters. The number of nitrogens with one attached hydrogen (secondary N) is 1. The summed E-state index contributed by atoms with van der Waals surface area (Å²) in [6.45, 7) is 3.30. The van der Waals surface area contributed by atoms with Gasteiger partial charge in [-0.3, -0.25) is 14.5 Å². The van der Waals surface area contributed by atoms with Gasteiger partial charge in [0.15, 0.2) is 0 Å². The normalized spacial score (nSPS) is 18.9. The average Bonchev–Trinajstić information content (AvgIpc) is 3.19. The number of nitrogens with zero attached hydrogens (tertiary/aromatic N) is 3. The standard InChI is InChI=1S/C23H26N4O5/c1-16(28)24-14-20-15-27(23(30)32-20)18-7-8-21(25-13-18)31-19-9-11-26(12-10-19)22(29)17-5-3-2-4-6-17/h2-8,13,19-20H,9-12,14-15H2,1H3,(H,24,28)/t20-/m0/s1. The minimum atomic E-state index is -0.466. The molecule has 3 heterocycles. The van der Waals surface area contributed by atoms with Gasteiger partial charge in [-0.05, 0) is 18.2 Å². The summed E-state index contributed by atoms with van der Waals surface area (Å²) in [5.74, 6) is 0.350. The Balaban J connectivity index is 1.27. The fourth-order valence-electron chi connectivity index (χ4n) is 3.81. The van der Waals surface area contributed by atoms with Gasteiger partial charge in [0, 0.05) is 44.5 Å². The van der Waals surface area contributed by atoms with Gasteiger partial charge in [-0.2, -0.15) is 0 Å². The molecule has 1 aromatic carbocycles. The van der Waals surface area contributed by atoms with Crippen molar-refractivity contribution in [3.05, 3.63) is 54.2 Å². The van der Waals surface area contributed by atoms with Gasteiger partial charge >= 0.3 is 6.09 Å². The molecule has 4 rings (SSSR count). The Bertz CT molecular complexity index is 958. The zero-order chi connectivity index (χ0) is 22.5. The van der Waals surface area contributed by atoms with E-state index in [1.165, 1.54) is 11.8 Å². The van der Waals surface area contributed by atoms with Crippen molar-refractivity contribution in [1.82, 2.24) is 15.2 Å². The van der Waals surface area contributed by atoms with Gasteiger partial charge in [0.05, 0.1) is 25.0 Å². The Morgan fingerprint density at radius 1 is 1.16 bits per heavy atom. The number of aromatic nitrogens is 1. The van der Waals surface area contributed by atoms with Crippen molar-refractivity contribution >= 4 is 23.6 Å². The highest BCUT2D eigenvalue weighted by molar-refractivity contribution is 5.94. The summed E-state index contributed by atoms with van der Waals surface area (Å²) >= 11 is 0. The molecule has 2 aromatic rings. The monoisotopic (exact) mass is 438 g/mol. The largest absolute Gasteiger partial charge is 0.474 e. The van der Waals surface area contributed by atoms with E-state index in [-0.39, 0.29) is 24.5 Å². The van der Waals surface area contributed by atoms with E-state index in [0.717, 1.165) is 12.8 Å². The number of cyclic esters (lactones) is 1. The molecule has 168 valence electrons. The van der Waals surface area contributed by atoms with E-state index in [2.05, 4.69) is 10.3 Å². The van der Waals surface area contributed by atoms with Crippen LogP contribution in [0.2, 0.25) is 0 Å². The first-order valence-corrected chi connectivity index (χ1v) is 10.7. The van der Waals surface area contributed by atoms with E-state index in [1.54, 1.807) is 18.3 Å². The highest BCUT2D eigenvalue weighted by atomic mass is 16.6. The van der Waals surface area contributed by atoms with Crippen LogP contribution >= 0.6 is 0 Å². The fraction of sp³-hybridized carbons (Fsp3) is 0.391. The van der Waals surface area contributed by atoms with Crippen LogP contribution in [-0.4, -0.2) is 66.2 Å². The van der Waals surface area contributed by atoms with Crippen LogP contribution in [0.4, 0.5) is 10.5 Å². The van der Waals surface area contributed by atoms with Crippen LogP contribution < -0.4 is 15.0 Å². The van der Waals surface area contributed by atoms with Gasteiger partial charge in [0.1, 0.15) is 12.2 Å². The predicted octanol–water partition coefficient (Wildman–Crippen LogP) is 2.23. The first kappa shape index (κ1) is 21.6. The van der Waals surface area contributed by atoms with Crippen molar-refractivity contribution in [3.63, 3.8) is 0 Å². The second-order valence-electron chi connectivity index (χ2n) is 7.88. The predicted molar refractivity (Wildman–Crippen MR) is 117 cm³/mol. The third-order valence-corrected chi connectivity index (χ3v) is 5.52. The maximum absolute atomic E-state index is 12.6. The number of carbonyl (C=O) groups is 3. The Morgan fingerprint density at radius 2 is 1.91 bits per heavy atom. The molecule has 9 heteroatoms. The van der Waals surface area contributed by atoms with E-state index < -0.39 is 12.2 Å². The summed E-state index contributed by atoms with van der Waals surface area (Å²) in [4.78, 5) is 43.4. The van der Waals surface area contributed by atoms with Gasteiger partial charge in [-0.25, -0.2) is 9.78 Å². The van der Waals surface area contributed by atoms with Crippen LogP contribution in [0.5, 0.6) is 5.88 Å². The molecule has 2 fully saturated rings. The molecular weight excluding hydrogens is 412 g/mol. The van der Waals surface area contributed by atoms with Crippen LogP contribution in [-0.2, 0) is 9.53 Å². The summed E-state index contributed by atoms with van der Waals surface area (Å²) in [5.41, 5.74) is 1.31. The van der Waals surface area contributed by atoms with Crippen molar-refractivity contribution in [1.29, 1.82) is 0 Å². The summed E-state index contributed by atoms with van der Waals surface area (Å²) < 4.78 is 11.3. The summed E-state index contributed by atoms with van der Waals surface area (Å²) in [5, 5.41) is 2.65. The number of benzene rings is 1. The Labute approximate surface area is 186 Å². The molecule has 9 nitrogen and oxygen atoms in total. The van der Waals surface area contributed by atoms with Gasteiger partial charge in [-0.15, -0.1) is 0 Å². The van der Waals surface area contributed by atoms with Gasteiger partial charge in [0.2, 0.25) is 11.8 Å². The number of likely N-dealkylation sites (tertiary alicyclic amines) is 1. The lowest BCUT2D eigenvalue weighted by molar-refractivity contribution is -0.119. The van der Waals surface area contributed by atoms with Crippen LogP contribution in [0.25, 0.3) is 0 Å². The van der Waals surface area contributed by atoms with Crippen molar-refractivity contribution in [2.24, 2.45) is 0 Å². The molecule has 0 bridgehead atoms. The topological polar surface area (TPSA) is 101 Å². The lowest BCUT2D eigenvalue weighted by Gasteiger charge is -2.32. The minimum Gasteiger partial charge on any atom is -0.474 e. The minimum absolute atomic E-state index is 0.0213. The maximum atomic E-state index is 12.6. The van der Waals surface area contributed by atoms with E-state index in [9.17, 15) is 14.4 Å². The number of rotatable bonds is 6. The molecule has 1 aromatic heterocycles. The number of amides is 3. The molecular formula is C23H26N4O5. The van der Waals surface area contributed by atoms with Gasteiger partial charge in [-0.1, -0.05) is 18.2 Å². The third kappa shape index (κ3) is 5.16.